The van der Waals surface area contributed by atoms with Gasteiger partial charge in [0.2, 0.25) is 0 Å². The molecule has 2 heteroatoms. The van der Waals surface area contributed by atoms with Crippen LogP contribution in [0.5, 0.6) is 0 Å². The summed E-state index contributed by atoms with van der Waals surface area (Å²) in [5, 5.41) is 17.9. The Bertz CT molecular complexity index is 115. The summed E-state index contributed by atoms with van der Waals surface area (Å²) in [7, 11) is 0. The van der Waals surface area contributed by atoms with E-state index in [4.69, 9.17) is 5.11 Å². The van der Waals surface area contributed by atoms with Crippen LogP contribution >= 0.6 is 0 Å². The fourth-order valence-corrected chi connectivity index (χ4v) is 1.55. The normalized spacial score (nSPS) is 15.7. The predicted molar refractivity (Wildman–Crippen MR) is 55.7 cm³/mol. The first-order valence-electron chi connectivity index (χ1n) is 5.40. The monoisotopic (exact) mass is 188 g/mol. The molecule has 0 saturated heterocycles. The molecule has 0 aliphatic heterocycles. The first-order valence-corrected chi connectivity index (χ1v) is 5.40. The molecule has 2 nitrogen and oxygen atoms in total. The summed E-state index contributed by atoms with van der Waals surface area (Å²) in [6.07, 6.45) is 6.40. The highest BCUT2D eigenvalue weighted by Crippen LogP contribution is 2.29. The average molecular weight is 188 g/mol. The van der Waals surface area contributed by atoms with E-state index in [-0.39, 0.29) is 18.6 Å². The maximum Gasteiger partial charge on any atom is 0.0484 e. The molecule has 0 spiro atoms. The molecule has 0 aromatic rings. The minimum absolute atomic E-state index is 0.0885. The standard InChI is InChI=1S/C11H24O2/c1-3-4-7-11(2,10-13)8-5-6-9-12/h12-13H,3-10H2,1-2H3. The van der Waals surface area contributed by atoms with Gasteiger partial charge in [0.1, 0.15) is 0 Å². The fraction of sp³-hybridized carbons (Fsp3) is 1.00. The van der Waals surface area contributed by atoms with Crippen LogP contribution in [0.3, 0.4) is 0 Å². The Balaban J connectivity index is 3.67. The van der Waals surface area contributed by atoms with Gasteiger partial charge in [0.25, 0.3) is 0 Å². The number of unbranched alkanes of at least 4 members (excludes halogenated alkanes) is 2. The zero-order valence-electron chi connectivity index (χ0n) is 9.05. The minimum atomic E-state index is 0.0885. The molecule has 0 radical (unpaired) electrons. The van der Waals surface area contributed by atoms with Gasteiger partial charge in [0.15, 0.2) is 0 Å². The van der Waals surface area contributed by atoms with Crippen LogP contribution in [-0.4, -0.2) is 23.4 Å². The van der Waals surface area contributed by atoms with Crippen LogP contribution in [0.4, 0.5) is 0 Å². The Morgan fingerprint density at radius 2 is 1.62 bits per heavy atom. The van der Waals surface area contributed by atoms with Gasteiger partial charge >= 0.3 is 0 Å². The molecule has 1 unspecified atom stereocenters. The molecule has 0 heterocycles. The van der Waals surface area contributed by atoms with Crippen LogP contribution < -0.4 is 0 Å². The Hall–Kier alpha value is -0.0800. The Morgan fingerprint density at radius 3 is 2.08 bits per heavy atom. The Labute approximate surface area is 82.0 Å². The molecule has 0 aliphatic carbocycles. The molecule has 0 amide bonds. The largest absolute Gasteiger partial charge is 0.396 e. The summed E-state index contributed by atoms with van der Waals surface area (Å²) in [5.41, 5.74) is 0.0885. The third kappa shape index (κ3) is 6.05. The van der Waals surface area contributed by atoms with Crippen molar-refractivity contribution in [1.29, 1.82) is 0 Å². The summed E-state index contributed by atoms with van der Waals surface area (Å²) in [6, 6.07) is 0. The van der Waals surface area contributed by atoms with Gasteiger partial charge in [-0.15, -0.1) is 0 Å². The van der Waals surface area contributed by atoms with E-state index in [0.29, 0.717) is 0 Å². The maximum atomic E-state index is 9.25. The molecule has 0 saturated carbocycles. The summed E-state index contributed by atoms with van der Waals surface area (Å²) in [5.74, 6) is 0. The van der Waals surface area contributed by atoms with Crippen LogP contribution in [0.2, 0.25) is 0 Å². The fourth-order valence-electron chi connectivity index (χ4n) is 1.55. The second-order valence-electron chi connectivity index (χ2n) is 4.25. The van der Waals surface area contributed by atoms with E-state index >= 15 is 0 Å². The lowest BCUT2D eigenvalue weighted by Gasteiger charge is -2.27. The summed E-state index contributed by atoms with van der Waals surface area (Å²) in [4.78, 5) is 0. The zero-order valence-corrected chi connectivity index (χ0v) is 9.05. The van der Waals surface area contributed by atoms with Crippen LogP contribution in [-0.2, 0) is 0 Å². The molecule has 0 bridgehead atoms. The second-order valence-corrected chi connectivity index (χ2v) is 4.25. The third-order valence-electron chi connectivity index (χ3n) is 2.70. The van der Waals surface area contributed by atoms with Gasteiger partial charge < -0.3 is 10.2 Å². The highest BCUT2D eigenvalue weighted by atomic mass is 16.3. The molecule has 0 aromatic carbocycles. The van der Waals surface area contributed by atoms with Crippen molar-refractivity contribution in [2.75, 3.05) is 13.2 Å². The van der Waals surface area contributed by atoms with Crippen LogP contribution in [0.1, 0.15) is 52.4 Å². The first-order chi connectivity index (χ1) is 6.18. The van der Waals surface area contributed by atoms with E-state index < -0.39 is 0 Å². The lowest BCUT2D eigenvalue weighted by atomic mass is 9.81. The van der Waals surface area contributed by atoms with Crippen molar-refractivity contribution >= 4 is 0 Å². The molecule has 0 rings (SSSR count). The summed E-state index contributed by atoms with van der Waals surface area (Å²) in [6.45, 7) is 4.86. The highest BCUT2D eigenvalue weighted by molar-refractivity contribution is 4.72. The van der Waals surface area contributed by atoms with E-state index in [9.17, 15) is 5.11 Å². The van der Waals surface area contributed by atoms with Crippen molar-refractivity contribution in [3.05, 3.63) is 0 Å². The molecule has 0 aliphatic rings. The van der Waals surface area contributed by atoms with Crippen molar-refractivity contribution in [3.8, 4) is 0 Å². The van der Waals surface area contributed by atoms with E-state index in [2.05, 4.69) is 13.8 Å². The average Bonchev–Trinajstić information content (AvgIpc) is 2.15. The van der Waals surface area contributed by atoms with Crippen molar-refractivity contribution in [2.24, 2.45) is 5.41 Å². The van der Waals surface area contributed by atoms with Crippen LogP contribution in [0.25, 0.3) is 0 Å². The van der Waals surface area contributed by atoms with E-state index in [1.165, 1.54) is 12.8 Å². The minimum Gasteiger partial charge on any atom is -0.396 e. The topological polar surface area (TPSA) is 40.5 Å². The maximum absolute atomic E-state index is 9.25. The number of aliphatic hydroxyl groups excluding tert-OH is 2. The molecule has 13 heavy (non-hydrogen) atoms. The Kier molecular flexibility index (Phi) is 7.29. The van der Waals surface area contributed by atoms with E-state index in [1.807, 2.05) is 0 Å². The lowest BCUT2D eigenvalue weighted by Crippen LogP contribution is -2.21. The predicted octanol–water partition coefficient (Wildman–Crippen LogP) is 2.34. The van der Waals surface area contributed by atoms with Gasteiger partial charge in [-0.2, -0.15) is 0 Å². The second kappa shape index (κ2) is 7.34. The Morgan fingerprint density at radius 1 is 1.00 bits per heavy atom. The first kappa shape index (κ1) is 12.9. The third-order valence-corrected chi connectivity index (χ3v) is 2.70. The molecular weight excluding hydrogens is 164 g/mol. The molecule has 80 valence electrons. The van der Waals surface area contributed by atoms with Gasteiger partial charge in [0.05, 0.1) is 0 Å². The number of rotatable bonds is 8. The van der Waals surface area contributed by atoms with Gasteiger partial charge in [0, 0.05) is 13.2 Å². The number of hydrogen-bond donors (Lipinski definition) is 2. The molecular formula is C11H24O2. The van der Waals surface area contributed by atoms with E-state index in [1.54, 1.807) is 0 Å². The van der Waals surface area contributed by atoms with E-state index in [0.717, 1.165) is 25.7 Å². The van der Waals surface area contributed by atoms with Gasteiger partial charge in [-0.1, -0.05) is 33.1 Å². The van der Waals surface area contributed by atoms with Crippen LogP contribution in [0, 0.1) is 5.41 Å². The summed E-state index contributed by atoms with van der Waals surface area (Å²) >= 11 is 0. The SMILES string of the molecule is CCCCC(C)(CO)CCCCO. The van der Waals surface area contributed by atoms with Crippen molar-refractivity contribution in [2.45, 2.75) is 52.4 Å². The van der Waals surface area contributed by atoms with Gasteiger partial charge in [-0.25, -0.2) is 0 Å². The smallest absolute Gasteiger partial charge is 0.0484 e. The summed E-state index contributed by atoms with van der Waals surface area (Å²) < 4.78 is 0. The van der Waals surface area contributed by atoms with Crippen molar-refractivity contribution in [1.82, 2.24) is 0 Å². The van der Waals surface area contributed by atoms with Gasteiger partial charge in [-0.05, 0) is 24.7 Å². The van der Waals surface area contributed by atoms with Crippen LogP contribution in [0.15, 0.2) is 0 Å². The van der Waals surface area contributed by atoms with Gasteiger partial charge in [-0.3, -0.25) is 0 Å². The molecule has 0 fully saturated rings. The number of aliphatic hydroxyl groups is 2. The molecule has 2 N–H and O–H groups in total. The quantitative estimate of drug-likeness (QED) is 0.574. The van der Waals surface area contributed by atoms with Crippen molar-refractivity contribution < 1.29 is 10.2 Å². The zero-order chi connectivity index (χ0) is 10.2. The lowest BCUT2D eigenvalue weighted by molar-refractivity contribution is 0.115. The number of hydrogen-bond acceptors (Lipinski definition) is 2. The molecule has 0 aromatic heterocycles. The highest BCUT2D eigenvalue weighted by Gasteiger charge is 2.21. The van der Waals surface area contributed by atoms with Crippen molar-refractivity contribution in [3.63, 3.8) is 0 Å². The molecule has 1 atom stereocenters.